The summed E-state index contributed by atoms with van der Waals surface area (Å²) < 4.78 is 0.198. The average Bonchev–Trinajstić information content (AvgIpc) is 2.77. The Morgan fingerprint density at radius 1 is 1.56 bits per heavy atom. The zero-order chi connectivity index (χ0) is 13.2. The van der Waals surface area contributed by atoms with Gasteiger partial charge in [0.15, 0.2) is 0 Å². The molecule has 1 amide bonds. The molecule has 0 aromatic heterocycles. The van der Waals surface area contributed by atoms with Crippen LogP contribution in [0.25, 0.3) is 0 Å². The van der Waals surface area contributed by atoms with Gasteiger partial charge in [-0.1, -0.05) is 6.07 Å². The zero-order valence-corrected chi connectivity index (χ0v) is 11.8. The van der Waals surface area contributed by atoms with Crippen molar-refractivity contribution in [3.8, 4) is 0 Å². The van der Waals surface area contributed by atoms with Crippen LogP contribution in [-0.2, 0) is 0 Å². The Morgan fingerprint density at radius 2 is 2.33 bits per heavy atom. The molecule has 0 saturated carbocycles. The normalized spacial score (nSPS) is 23.0. The van der Waals surface area contributed by atoms with Gasteiger partial charge in [-0.3, -0.25) is 4.79 Å². The Hall–Kier alpha value is -1.16. The van der Waals surface area contributed by atoms with Gasteiger partial charge >= 0.3 is 0 Å². The Bertz CT molecular complexity index is 453. The number of carbonyl (C=O) groups is 1. The van der Waals surface area contributed by atoms with Crippen LogP contribution in [0.3, 0.4) is 0 Å². The molecule has 1 saturated heterocycles. The summed E-state index contributed by atoms with van der Waals surface area (Å²) in [5.41, 5.74) is 8.00. The molecule has 0 bridgehead atoms. The van der Waals surface area contributed by atoms with Gasteiger partial charge in [0.05, 0.1) is 0 Å². The van der Waals surface area contributed by atoms with Crippen LogP contribution in [0.15, 0.2) is 18.2 Å². The first-order chi connectivity index (χ1) is 8.50. The molecule has 3 N–H and O–H groups in total. The van der Waals surface area contributed by atoms with Crippen molar-refractivity contribution < 1.29 is 4.79 Å². The second-order valence-corrected chi connectivity index (χ2v) is 6.84. The summed E-state index contributed by atoms with van der Waals surface area (Å²) in [5, 5.41) is 3.03. The number of amides is 1. The molecule has 2 rings (SSSR count). The molecular weight excluding hydrogens is 244 g/mol. The number of thioether (sulfide) groups is 1. The number of nitrogens with one attached hydrogen (secondary N) is 1. The topological polar surface area (TPSA) is 55.1 Å². The number of nitrogen functional groups attached to an aromatic ring is 1. The standard InChI is InChI=1S/C14H20N2OS/c1-10-4-5-11(15)8-12(10)13(17)16-9-14(2)6-3-7-18-14/h4-5,8H,3,6-7,9,15H2,1-2H3,(H,16,17). The van der Waals surface area contributed by atoms with Crippen LogP contribution in [0.2, 0.25) is 0 Å². The molecule has 4 heteroatoms. The Morgan fingerprint density at radius 3 is 3.00 bits per heavy atom. The van der Waals surface area contributed by atoms with Gasteiger partial charge in [-0.25, -0.2) is 0 Å². The monoisotopic (exact) mass is 264 g/mol. The lowest BCUT2D eigenvalue weighted by atomic mass is 10.0. The zero-order valence-electron chi connectivity index (χ0n) is 11.0. The predicted octanol–water partition coefficient (Wildman–Crippen LogP) is 2.59. The first kappa shape index (κ1) is 13.3. The van der Waals surface area contributed by atoms with Crippen LogP contribution in [-0.4, -0.2) is 23.0 Å². The maximum absolute atomic E-state index is 12.1. The lowest BCUT2D eigenvalue weighted by Gasteiger charge is -2.23. The minimum Gasteiger partial charge on any atom is -0.399 e. The summed E-state index contributed by atoms with van der Waals surface area (Å²) in [4.78, 5) is 12.1. The molecule has 1 aromatic carbocycles. The van der Waals surface area contributed by atoms with E-state index in [0.29, 0.717) is 11.3 Å². The average molecular weight is 264 g/mol. The molecule has 1 fully saturated rings. The van der Waals surface area contributed by atoms with Crippen LogP contribution in [0.5, 0.6) is 0 Å². The number of aryl methyl sites for hydroxylation is 1. The third kappa shape index (κ3) is 2.99. The number of hydrogen-bond donors (Lipinski definition) is 2. The van der Waals surface area contributed by atoms with E-state index in [-0.39, 0.29) is 10.7 Å². The fourth-order valence-electron chi connectivity index (χ4n) is 2.22. The highest BCUT2D eigenvalue weighted by atomic mass is 32.2. The number of hydrogen-bond acceptors (Lipinski definition) is 3. The Kier molecular flexibility index (Phi) is 3.85. The molecule has 0 aliphatic carbocycles. The third-order valence-corrected chi connectivity index (χ3v) is 4.97. The minimum atomic E-state index is -0.0199. The molecule has 1 atom stereocenters. The number of rotatable bonds is 3. The first-order valence-electron chi connectivity index (χ1n) is 6.28. The van der Waals surface area contributed by atoms with Gasteiger partial charge in [-0.2, -0.15) is 11.8 Å². The molecule has 0 radical (unpaired) electrons. The van der Waals surface area contributed by atoms with Crippen molar-refractivity contribution in [3.63, 3.8) is 0 Å². The molecule has 18 heavy (non-hydrogen) atoms. The third-order valence-electron chi connectivity index (χ3n) is 3.43. The number of nitrogens with two attached hydrogens (primary N) is 1. The van der Waals surface area contributed by atoms with E-state index < -0.39 is 0 Å². The maximum Gasteiger partial charge on any atom is 0.251 e. The molecule has 1 aliphatic rings. The summed E-state index contributed by atoms with van der Waals surface area (Å²) in [7, 11) is 0. The van der Waals surface area contributed by atoms with Gasteiger partial charge in [-0.15, -0.1) is 0 Å². The largest absolute Gasteiger partial charge is 0.399 e. The molecular formula is C14H20N2OS. The summed E-state index contributed by atoms with van der Waals surface area (Å²) in [6, 6.07) is 5.45. The predicted molar refractivity (Wildman–Crippen MR) is 78.0 cm³/mol. The van der Waals surface area contributed by atoms with Crippen LogP contribution in [0.1, 0.15) is 35.7 Å². The van der Waals surface area contributed by atoms with Crippen molar-refractivity contribution in [1.82, 2.24) is 5.32 Å². The molecule has 1 aliphatic heterocycles. The fraction of sp³-hybridized carbons (Fsp3) is 0.500. The molecule has 98 valence electrons. The number of anilines is 1. The van der Waals surface area contributed by atoms with E-state index in [2.05, 4.69) is 12.2 Å². The van der Waals surface area contributed by atoms with Crippen LogP contribution in [0.4, 0.5) is 5.69 Å². The SMILES string of the molecule is Cc1ccc(N)cc1C(=O)NCC1(C)CCCS1. The lowest BCUT2D eigenvalue weighted by molar-refractivity contribution is 0.0949. The molecule has 1 aromatic rings. The van der Waals surface area contributed by atoms with E-state index in [9.17, 15) is 4.79 Å². The van der Waals surface area contributed by atoms with E-state index in [1.165, 1.54) is 18.6 Å². The quantitative estimate of drug-likeness (QED) is 0.825. The van der Waals surface area contributed by atoms with Crippen LogP contribution < -0.4 is 11.1 Å². The van der Waals surface area contributed by atoms with Gasteiger partial charge < -0.3 is 11.1 Å². The van der Waals surface area contributed by atoms with Gasteiger partial charge in [0.25, 0.3) is 5.91 Å². The van der Waals surface area contributed by atoms with Gasteiger partial charge in [0.2, 0.25) is 0 Å². The highest BCUT2D eigenvalue weighted by Crippen LogP contribution is 2.37. The van der Waals surface area contributed by atoms with E-state index in [0.717, 1.165) is 12.1 Å². The Labute approximate surface area is 113 Å². The Balaban J connectivity index is 2.01. The summed E-state index contributed by atoms with van der Waals surface area (Å²) in [5.74, 6) is 1.18. The summed E-state index contributed by atoms with van der Waals surface area (Å²) in [6.45, 7) is 4.88. The van der Waals surface area contributed by atoms with Gasteiger partial charge in [0.1, 0.15) is 0 Å². The number of carbonyl (C=O) groups excluding carboxylic acids is 1. The van der Waals surface area contributed by atoms with E-state index >= 15 is 0 Å². The number of benzene rings is 1. The van der Waals surface area contributed by atoms with Crippen LogP contribution >= 0.6 is 11.8 Å². The molecule has 0 spiro atoms. The van der Waals surface area contributed by atoms with Crippen LogP contribution in [0, 0.1) is 6.92 Å². The molecule has 3 nitrogen and oxygen atoms in total. The molecule has 1 unspecified atom stereocenters. The van der Waals surface area contributed by atoms with Crippen molar-refractivity contribution in [2.75, 3.05) is 18.0 Å². The summed E-state index contributed by atoms with van der Waals surface area (Å²) in [6.07, 6.45) is 2.42. The second-order valence-electron chi connectivity index (χ2n) is 5.16. The lowest BCUT2D eigenvalue weighted by Crippen LogP contribution is -2.37. The first-order valence-corrected chi connectivity index (χ1v) is 7.27. The van der Waals surface area contributed by atoms with Gasteiger partial charge in [-0.05, 0) is 50.1 Å². The van der Waals surface area contributed by atoms with Crippen molar-refractivity contribution in [3.05, 3.63) is 29.3 Å². The van der Waals surface area contributed by atoms with E-state index in [4.69, 9.17) is 5.73 Å². The van der Waals surface area contributed by atoms with E-state index in [1.54, 1.807) is 6.07 Å². The van der Waals surface area contributed by atoms with Crippen molar-refractivity contribution in [2.45, 2.75) is 31.4 Å². The smallest absolute Gasteiger partial charge is 0.251 e. The highest BCUT2D eigenvalue weighted by Gasteiger charge is 2.29. The van der Waals surface area contributed by atoms with E-state index in [1.807, 2.05) is 30.8 Å². The second kappa shape index (κ2) is 5.22. The summed E-state index contributed by atoms with van der Waals surface area (Å²) >= 11 is 1.95. The maximum atomic E-state index is 12.1. The van der Waals surface area contributed by atoms with Crippen molar-refractivity contribution in [1.29, 1.82) is 0 Å². The van der Waals surface area contributed by atoms with Crippen molar-refractivity contribution >= 4 is 23.4 Å². The highest BCUT2D eigenvalue weighted by molar-refractivity contribution is 8.00. The van der Waals surface area contributed by atoms with Gasteiger partial charge in [0, 0.05) is 22.5 Å². The fourth-order valence-corrected chi connectivity index (χ4v) is 3.47. The minimum absolute atomic E-state index is 0.0199. The molecule has 1 heterocycles. The van der Waals surface area contributed by atoms with Crippen molar-refractivity contribution in [2.24, 2.45) is 0 Å².